The van der Waals surface area contributed by atoms with Crippen LogP contribution in [0.25, 0.3) is 22.2 Å². The molecule has 2 aliphatic rings. The number of benzene rings is 4. The number of imidazole rings is 1. The number of hydrogen-bond acceptors (Lipinski definition) is 7. The number of likely N-dealkylation sites (tertiary alicyclic amines) is 1. The summed E-state index contributed by atoms with van der Waals surface area (Å²) in [7, 11) is 0. The summed E-state index contributed by atoms with van der Waals surface area (Å²) in [6.07, 6.45) is 4.59. The summed E-state index contributed by atoms with van der Waals surface area (Å²) in [5.41, 5.74) is 7.71. The number of H-pyrrole nitrogens is 1. The molecule has 3 unspecified atom stereocenters. The van der Waals surface area contributed by atoms with Gasteiger partial charge in [0.25, 0.3) is 0 Å². The molecule has 0 spiro atoms. The highest BCUT2D eigenvalue weighted by molar-refractivity contribution is 5.76. The number of aromatic nitrogens is 2. The molecule has 2 aliphatic heterocycles. The topological polar surface area (TPSA) is 138 Å². The Morgan fingerprint density at radius 3 is 2.38 bits per heavy atom. The van der Waals surface area contributed by atoms with Crippen LogP contribution in [0.1, 0.15) is 92.6 Å². The number of hydrogen-bond donors (Lipinski definition) is 4. The highest BCUT2D eigenvalue weighted by atomic mass is 16.7. The van der Waals surface area contributed by atoms with Crippen LogP contribution in [-0.4, -0.2) is 63.7 Å². The predicted molar refractivity (Wildman–Crippen MR) is 217 cm³/mol. The van der Waals surface area contributed by atoms with E-state index in [0.717, 1.165) is 96.2 Å². The highest BCUT2D eigenvalue weighted by Gasteiger charge is 2.34. The molecule has 0 saturated carbocycles. The average molecular weight is 760 g/mol. The van der Waals surface area contributed by atoms with Crippen LogP contribution in [0.4, 0.5) is 0 Å². The fourth-order valence-corrected chi connectivity index (χ4v) is 7.98. The van der Waals surface area contributed by atoms with Gasteiger partial charge < -0.3 is 35.1 Å². The van der Waals surface area contributed by atoms with E-state index < -0.39 is 6.29 Å². The standard InChI is InChI=1S/C45H53N5O6/c1-31(52)46-22-6-2-3-15-43(53)47-28-33-9-7-10-35(25-33)36-11-8-12-37(26-36)44-55-39(27-42(56-44)34-18-16-32(30-51)17-19-34)29-49-23-20-38(21-24-49)50-41-14-5-4-13-40(41)48-45(50)54/h4-5,7-14,16-19,25-26,38-39,42,44,51H,2-3,6,15,20-24,27-30H2,1H3,(H,46,52)(H,47,53)(H,48,54). The SMILES string of the molecule is CC(=O)NCCCCCC(=O)NCc1cccc(-c2cccc(C3OC(CN4CCC(n5c(=O)[nH]c6ccccc65)CC4)CC(c4ccc(CO)cc4)O3)c2)c1. The summed E-state index contributed by atoms with van der Waals surface area (Å²) in [6, 6.07) is 32.5. The number of nitrogens with zero attached hydrogens (tertiary/aromatic N) is 2. The molecule has 0 radical (unpaired) electrons. The van der Waals surface area contributed by atoms with Gasteiger partial charge in [-0.1, -0.05) is 79.2 Å². The van der Waals surface area contributed by atoms with Gasteiger partial charge in [0, 0.05) is 64.1 Å². The van der Waals surface area contributed by atoms with E-state index in [0.29, 0.717) is 25.9 Å². The Hall–Kier alpha value is -5.07. The zero-order valence-corrected chi connectivity index (χ0v) is 32.1. The Morgan fingerprint density at radius 1 is 0.821 bits per heavy atom. The molecule has 7 rings (SSSR count). The van der Waals surface area contributed by atoms with Gasteiger partial charge in [0.05, 0.1) is 29.8 Å². The third-order valence-corrected chi connectivity index (χ3v) is 11.0. The number of rotatable bonds is 15. The molecule has 56 heavy (non-hydrogen) atoms. The number of carbonyl (C=O) groups excluding carboxylic acids is 2. The molecule has 4 N–H and O–H groups in total. The summed E-state index contributed by atoms with van der Waals surface area (Å²) in [4.78, 5) is 41.9. The van der Waals surface area contributed by atoms with Gasteiger partial charge in [-0.3, -0.25) is 14.2 Å². The van der Waals surface area contributed by atoms with Crippen molar-refractivity contribution in [3.63, 3.8) is 0 Å². The molecule has 4 aromatic carbocycles. The Bertz CT molecular complexity index is 2140. The zero-order valence-electron chi connectivity index (χ0n) is 32.1. The number of aliphatic hydroxyl groups is 1. The van der Waals surface area contributed by atoms with Crippen molar-refractivity contribution in [2.75, 3.05) is 26.2 Å². The summed E-state index contributed by atoms with van der Waals surface area (Å²) < 4.78 is 15.4. The van der Waals surface area contributed by atoms with Crippen molar-refractivity contribution in [3.05, 3.63) is 130 Å². The van der Waals surface area contributed by atoms with Crippen LogP contribution < -0.4 is 16.3 Å². The highest BCUT2D eigenvalue weighted by Crippen LogP contribution is 2.39. The first-order valence-corrected chi connectivity index (χ1v) is 20.0. The van der Waals surface area contributed by atoms with Crippen LogP contribution in [0.15, 0.2) is 102 Å². The number of para-hydroxylation sites is 2. The number of aromatic amines is 1. The lowest BCUT2D eigenvalue weighted by Crippen LogP contribution is -2.43. The summed E-state index contributed by atoms with van der Waals surface area (Å²) >= 11 is 0. The Morgan fingerprint density at radius 2 is 1.59 bits per heavy atom. The van der Waals surface area contributed by atoms with Gasteiger partial charge in [-0.05, 0) is 77.8 Å². The van der Waals surface area contributed by atoms with Crippen molar-refractivity contribution in [1.29, 1.82) is 0 Å². The molecule has 3 heterocycles. The van der Waals surface area contributed by atoms with E-state index >= 15 is 0 Å². The van der Waals surface area contributed by atoms with Gasteiger partial charge >= 0.3 is 5.69 Å². The maximum Gasteiger partial charge on any atom is 0.326 e. The number of carbonyl (C=O) groups is 2. The molecule has 2 saturated heterocycles. The lowest BCUT2D eigenvalue weighted by Gasteiger charge is -2.40. The van der Waals surface area contributed by atoms with Crippen molar-refractivity contribution < 1.29 is 24.2 Å². The molecular formula is C45H53N5O6. The molecule has 3 atom stereocenters. The Kier molecular flexibility index (Phi) is 13.1. The minimum atomic E-state index is -0.584. The van der Waals surface area contributed by atoms with Crippen LogP contribution in [0.3, 0.4) is 0 Å². The van der Waals surface area contributed by atoms with Gasteiger partial charge in [0.1, 0.15) is 0 Å². The van der Waals surface area contributed by atoms with Crippen LogP contribution >= 0.6 is 0 Å². The molecule has 5 aromatic rings. The number of fused-ring (bicyclic) bond motifs is 1. The van der Waals surface area contributed by atoms with Gasteiger partial charge in [0.2, 0.25) is 11.8 Å². The molecule has 294 valence electrons. The van der Waals surface area contributed by atoms with Crippen LogP contribution in [-0.2, 0) is 32.2 Å². The number of aliphatic hydroxyl groups excluding tert-OH is 1. The molecule has 1 aromatic heterocycles. The van der Waals surface area contributed by atoms with Crippen LogP contribution in [0.2, 0.25) is 0 Å². The van der Waals surface area contributed by atoms with Crippen molar-refractivity contribution in [2.45, 2.75) is 89.6 Å². The molecule has 11 heteroatoms. The van der Waals surface area contributed by atoms with E-state index in [1.807, 2.05) is 77.4 Å². The van der Waals surface area contributed by atoms with E-state index in [9.17, 15) is 19.5 Å². The predicted octanol–water partition coefficient (Wildman–Crippen LogP) is 6.68. The van der Waals surface area contributed by atoms with E-state index in [4.69, 9.17) is 9.47 Å². The van der Waals surface area contributed by atoms with Gasteiger partial charge in [-0.25, -0.2) is 4.79 Å². The largest absolute Gasteiger partial charge is 0.392 e. The number of piperidine rings is 1. The minimum absolute atomic E-state index is 0.0106. The van der Waals surface area contributed by atoms with Crippen LogP contribution in [0, 0.1) is 0 Å². The molecule has 0 aliphatic carbocycles. The zero-order chi connectivity index (χ0) is 38.9. The summed E-state index contributed by atoms with van der Waals surface area (Å²) in [5, 5.41) is 15.5. The lowest BCUT2D eigenvalue weighted by atomic mass is 9.97. The third kappa shape index (κ3) is 10.0. The Labute approximate surface area is 328 Å². The smallest absolute Gasteiger partial charge is 0.326 e. The van der Waals surface area contributed by atoms with Gasteiger partial charge in [0.15, 0.2) is 6.29 Å². The molecule has 11 nitrogen and oxygen atoms in total. The van der Waals surface area contributed by atoms with Crippen molar-refractivity contribution >= 4 is 22.8 Å². The number of amides is 2. The molecular weight excluding hydrogens is 707 g/mol. The second-order valence-electron chi connectivity index (χ2n) is 15.1. The maximum atomic E-state index is 12.9. The first-order valence-electron chi connectivity index (χ1n) is 20.0. The van der Waals surface area contributed by atoms with Gasteiger partial charge in [-0.15, -0.1) is 0 Å². The van der Waals surface area contributed by atoms with Crippen molar-refractivity contribution in [2.24, 2.45) is 0 Å². The normalized spacial score (nSPS) is 19.2. The summed E-state index contributed by atoms with van der Waals surface area (Å²) in [6.45, 7) is 5.07. The van der Waals surface area contributed by atoms with E-state index in [2.05, 4.69) is 44.8 Å². The van der Waals surface area contributed by atoms with E-state index in [-0.39, 0.29) is 42.4 Å². The molecule has 2 amide bonds. The average Bonchev–Trinajstić information content (AvgIpc) is 3.57. The third-order valence-electron chi connectivity index (χ3n) is 11.0. The van der Waals surface area contributed by atoms with Crippen molar-refractivity contribution in [3.8, 4) is 11.1 Å². The fraction of sp³-hybridized carbons (Fsp3) is 0.400. The number of unbranched alkanes of at least 4 members (excludes halogenated alkanes) is 2. The monoisotopic (exact) mass is 759 g/mol. The van der Waals surface area contributed by atoms with Crippen LogP contribution in [0.5, 0.6) is 0 Å². The quantitative estimate of drug-likeness (QED) is 0.0874. The first-order chi connectivity index (χ1) is 27.3. The minimum Gasteiger partial charge on any atom is -0.392 e. The number of ether oxygens (including phenoxy) is 2. The van der Waals surface area contributed by atoms with Crippen molar-refractivity contribution in [1.82, 2.24) is 25.1 Å². The lowest BCUT2D eigenvalue weighted by molar-refractivity contribution is -0.253. The fourth-order valence-electron chi connectivity index (χ4n) is 7.98. The number of nitrogens with one attached hydrogen (secondary N) is 3. The summed E-state index contributed by atoms with van der Waals surface area (Å²) in [5.74, 6) is -0.00837. The molecule has 0 bridgehead atoms. The van der Waals surface area contributed by atoms with E-state index in [1.165, 1.54) is 6.92 Å². The maximum absolute atomic E-state index is 12.9. The first kappa shape index (κ1) is 39.2. The molecule has 2 fully saturated rings. The van der Waals surface area contributed by atoms with Gasteiger partial charge in [-0.2, -0.15) is 0 Å². The second kappa shape index (κ2) is 18.7. The second-order valence-corrected chi connectivity index (χ2v) is 15.1. The van der Waals surface area contributed by atoms with E-state index in [1.54, 1.807) is 0 Å². The Balaban J connectivity index is 1.00.